The Morgan fingerprint density at radius 1 is 1.31 bits per heavy atom. The first-order chi connectivity index (χ1) is 12.1. The van der Waals surface area contributed by atoms with E-state index in [0.717, 1.165) is 5.75 Å². The van der Waals surface area contributed by atoms with Gasteiger partial charge in [0.1, 0.15) is 0 Å². The van der Waals surface area contributed by atoms with E-state index in [1.807, 2.05) is 0 Å². The van der Waals surface area contributed by atoms with Crippen molar-refractivity contribution in [3.05, 3.63) is 29.3 Å². The number of carbonyl (C=O) groups excluding carboxylic acids is 1. The highest BCUT2D eigenvalue weighted by Gasteiger charge is 2.33. The van der Waals surface area contributed by atoms with E-state index in [9.17, 15) is 13.2 Å². The number of nitrogens with zero attached hydrogens (tertiary/aromatic N) is 1. The Morgan fingerprint density at radius 2 is 1.96 bits per heavy atom. The van der Waals surface area contributed by atoms with Gasteiger partial charge in [-0.1, -0.05) is 32.4 Å². The van der Waals surface area contributed by atoms with Crippen LogP contribution in [0.15, 0.2) is 29.2 Å². The van der Waals surface area contributed by atoms with E-state index >= 15 is 0 Å². The van der Waals surface area contributed by atoms with Gasteiger partial charge in [-0.25, -0.2) is 8.42 Å². The number of nitrogens with one attached hydrogen (secondary N) is 1. The molecule has 5 nitrogen and oxygen atoms in total. The highest BCUT2D eigenvalue weighted by Crippen LogP contribution is 2.25. The molecule has 1 aliphatic heterocycles. The molecular formula is C18H27ClN2O3S2. The molecule has 1 aromatic carbocycles. The molecule has 0 radical (unpaired) electrons. The third-order valence-electron chi connectivity index (χ3n) is 4.14. The number of rotatable bonds is 6. The first kappa shape index (κ1) is 21.5. The maximum Gasteiger partial charge on any atom is 0.243 e. The maximum absolute atomic E-state index is 12.8. The van der Waals surface area contributed by atoms with Crippen molar-refractivity contribution in [2.45, 2.75) is 43.3 Å². The van der Waals surface area contributed by atoms with Gasteiger partial charge in [0.25, 0.3) is 0 Å². The van der Waals surface area contributed by atoms with Crippen LogP contribution < -0.4 is 5.32 Å². The van der Waals surface area contributed by atoms with Crippen molar-refractivity contribution < 1.29 is 13.2 Å². The average Bonchev–Trinajstić information content (AvgIpc) is 2.58. The van der Waals surface area contributed by atoms with Crippen LogP contribution in [0.3, 0.4) is 0 Å². The molecule has 0 spiro atoms. The van der Waals surface area contributed by atoms with Crippen molar-refractivity contribution in [1.29, 1.82) is 0 Å². The molecule has 1 atom stereocenters. The Labute approximate surface area is 165 Å². The van der Waals surface area contributed by atoms with E-state index in [1.54, 1.807) is 23.9 Å². The predicted molar refractivity (Wildman–Crippen MR) is 108 cm³/mol. The molecule has 1 aliphatic rings. The summed E-state index contributed by atoms with van der Waals surface area (Å²) >= 11 is 7.63. The van der Waals surface area contributed by atoms with Crippen molar-refractivity contribution in [3.8, 4) is 0 Å². The molecule has 1 N–H and O–H groups in total. The molecule has 26 heavy (non-hydrogen) atoms. The SMILES string of the molecule is CC(C)(C)SCCNC(=O)[C@H]1CCCN(S(=O)(=O)c2ccc(Cl)cc2)C1. The second-order valence-electron chi connectivity index (χ2n) is 7.41. The van der Waals surface area contributed by atoms with Gasteiger partial charge in [-0.05, 0) is 37.1 Å². The molecule has 0 unspecified atom stereocenters. The zero-order valence-corrected chi connectivity index (χ0v) is 17.9. The Hall–Kier alpha value is -0.760. The second-order valence-corrected chi connectivity index (χ2v) is 11.7. The van der Waals surface area contributed by atoms with Crippen molar-refractivity contribution in [2.24, 2.45) is 5.92 Å². The lowest BCUT2D eigenvalue weighted by Crippen LogP contribution is -2.45. The van der Waals surface area contributed by atoms with Gasteiger partial charge in [-0.2, -0.15) is 16.1 Å². The van der Waals surface area contributed by atoms with E-state index < -0.39 is 10.0 Å². The van der Waals surface area contributed by atoms with Crippen molar-refractivity contribution in [3.63, 3.8) is 0 Å². The van der Waals surface area contributed by atoms with Gasteiger partial charge < -0.3 is 5.32 Å². The van der Waals surface area contributed by atoms with Crippen LogP contribution in [0.2, 0.25) is 5.02 Å². The standard InChI is InChI=1S/C18H27ClN2O3S2/c1-18(2,3)25-12-10-20-17(22)14-5-4-11-21(13-14)26(23,24)16-8-6-15(19)7-9-16/h6-9,14H,4-5,10-13H2,1-3H3,(H,20,22)/t14-/m0/s1. The number of hydrogen-bond acceptors (Lipinski definition) is 4. The highest BCUT2D eigenvalue weighted by molar-refractivity contribution is 8.00. The van der Waals surface area contributed by atoms with Crippen LogP contribution in [0, 0.1) is 5.92 Å². The summed E-state index contributed by atoms with van der Waals surface area (Å²) in [5.74, 6) is 0.482. The molecule has 0 aliphatic carbocycles. The monoisotopic (exact) mass is 418 g/mol. The van der Waals surface area contributed by atoms with Gasteiger partial charge in [0.2, 0.25) is 15.9 Å². The highest BCUT2D eigenvalue weighted by atomic mass is 35.5. The summed E-state index contributed by atoms with van der Waals surface area (Å²) in [5.41, 5.74) is 0. The molecule has 1 fully saturated rings. The minimum absolute atomic E-state index is 0.0597. The Balaban J connectivity index is 1.93. The van der Waals surface area contributed by atoms with Gasteiger partial charge in [0.05, 0.1) is 10.8 Å². The zero-order chi connectivity index (χ0) is 19.4. The molecule has 0 aromatic heterocycles. The molecule has 8 heteroatoms. The summed E-state index contributed by atoms with van der Waals surface area (Å²) < 4.78 is 27.1. The van der Waals surface area contributed by atoms with E-state index in [4.69, 9.17) is 11.6 Å². The minimum atomic E-state index is -3.60. The summed E-state index contributed by atoms with van der Waals surface area (Å²) in [7, 11) is -3.60. The number of benzene rings is 1. The molecule has 1 saturated heterocycles. The molecule has 1 heterocycles. The smallest absolute Gasteiger partial charge is 0.243 e. The normalized spacial score (nSPS) is 19.3. The second kappa shape index (κ2) is 8.95. The fourth-order valence-corrected chi connectivity index (χ4v) is 5.27. The van der Waals surface area contributed by atoms with Crippen molar-refractivity contribution in [1.82, 2.24) is 9.62 Å². The number of thioether (sulfide) groups is 1. The number of carbonyl (C=O) groups is 1. The Morgan fingerprint density at radius 3 is 2.58 bits per heavy atom. The number of halogens is 1. The third-order valence-corrected chi connectivity index (χ3v) is 7.55. The first-order valence-electron chi connectivity index (χ1n) is 8.77. The van der Waals surface area contributed by atoms with Gasteiger partial charge in [-0.15, -0.1) is 0 Å². The van der Waals surface area contributed by atoms with Crippen LogP contribution in [0.1, 0.15) is 33.6 Å². The molecule has 2 rings (SSSR count). The lowest BCUT2D eigenvalue weighted by atomic mass is 9.99. The van der Waals surface area contributed by atoms with Crippen LogP contribution in [-0.4, -0.2) is 48.8 Å². The number of amides is 1. The summed E-state index contributed by atoms with van der Waals surface area (Å²) in [6.07, 6.45) is 1.40. The lowest BCUT2D eigenvalue weighted by molar-refractivity contribution is -0.125. The van der Waals surface area contributed by atoms with E-state index in [1.165, 1.54) is 16.4 Å². The van der Waals surface area contributed by atoms with Crippen LogP contribution in [0.4, 0.5) is 0 Å². The Bertz CT molecular complexity index is 715. The van der Waals surface area contributed by atoms with E-state index in [0.29, 0.717) is 31.0 Å². The lowest BCUT2D eigenvalue weighted by Gasteiger charge is -2.31. The van der Waals surface area contributed by atoms with Crippen molar-refractivity contribution >= 4 is 39.3 Å². The van der Waals surface area contributed by atoms with Crippen LogP contribution in [0.25, 0.3) is 0 Å². The molecule has 1 aromatic rings. The molecule has 0 saturated carbocycles. The van der Waals surface area contributed by atoms with Gasteiger partial charge >= 0.3 is 0 Å². The molecule has 146 valence electrons. The van der Waals surface area contributed by atoms with Crippen LogP contribution in [0.5, 0.6) is 0 Å². The predicted octanol–water partition coefficient (Wildman–Crippen LogP) is 3.39. The maximum atomic E-state index is 12.8. The topological polar surface area (TPSA) is 66.5 Å². The van der Waals surface area contributed by atoms with E-state index in [2.05, 4.69) is 26.1 Å². The quantitative estimate of drug-likeness (QED) is 0.719. The van der Waals surface area contributed by atoms with Crippen molar-refractivity contribution in [2.75, 3.05) is 25.4 Å². The van der Waals surface area contributed by atoms with E-state index in [-0.39, 0.29) is 28.0 Å². The number of sulfonamides is 1. The fourth-order valence-electron chi connectivity index (χ4n) is 2.81. The fraction of sp³-hybridized carbons (Fsp3) is 0.611. The summed E-state index contributed by atoms with van der Waals surface area (Å²) in [6, 6.07) is 6.14. The average molecular weight is 419 g/mol. The number of hydrogen-bond donors (Lipinski definition) is 1. The van der Waals surface area contributed by atoms with Gasteiger partial charge in [-0.3, -0.25) is 4.79 Å². The van der Waals surface area contributed by atoms with Gasteiger partial charge in [0.15, 0.2) is 0 Å². The largest absolute Gasteiger partial charge is 0.355 e. The molecular weight excluding hydrogens is 392 g/mol. The third kappa shape index (κ3) is 6.15. The summed E-state index contributed by atoms with van der Waals surface area (Å²) in [4.78, 5) is 12.6. The van der Waals surface area contributed by atoms with Crippen LogP contribution >= 0.6 is 23.4 Å². The zero-order valence-electron chi connectivity index (χ0n) is 15.5. The minimum Gasteiger partial charge on any atom is -0.355 e. The first-order valence-corrected chi connectivity index (χ1v) is 11.6. The van der Waals surface area contributed by atoms with Gasteiger partial charge in [0, 0.05) is 35.2 Å². The van der Waals surface area contributed by atoms with Crippen LogP contribution in [-0.2, 0) is 14.8 Å². The summed E-state index contributed by atoms with van der Waals surface area (Å²) in [6.45, 7) is 7.68. The number of piperidine rings is 1. The molecule has 0 bridgehead atoms. The molecule has 1 amide bonds. The summed E-state index contributed by atoms with van der Waals surface area (Å²) in [5, 5.41) is 3.44. The Kier molecular flexibility index (Phi) is 7.42.